The molecule has 0 aliphatic heterocycles. The summed E-state index contributed by atoms with van der Waals surface area (Å²) < 4.78 is 4.67. The van der Waals surface area contributed by atoms with Crippen LogP contribution in [0.1, 0.15) is 20.8 Å². The average Bonchev–Trinajstić information content (AvgIpc) is 2.70. The Morgan fingerprint density at radius 1 is 1.35 bits per heavy atom. The van der Waals surface area contributed by atoms with E-state index in [1.165, 1.54) is 24.0 Å². The molecule has 0 spiro atoms. The Kier molecular flexibility index (Phi) is 3.44. The summed E-state index contributed by atoms with van der Waals surface area (Å²) in [4.78, 5) is 12.5. The smallest absolute Gasteiger partial charge is 0.340 e. The molecule has 0 saturated carbocycles. The molecule has 0 fully saturated rings. The summed E-state index contributed by atoms with van der Waals surface area (Å²) in [7, 11) is 1.36. The van der Waals surface area contributed by atoms with Gasteiger partial charge in [0.1, 0.15) is 5.00 Å². The largest absolute Gasteiger partial charge is 0.465 e. The van der Waals surface area contributed by atoms with Gasteiger partial charge in [-0.3, -0.25) is 0 Å². The Balaban J connectivity index is 2.21. The summed E-state index contributed by atoms with van der Waals surface area (Å²) in [6.45, 7) is 0. The lowest BCUT2D eigenvalue weighted by Gasteiger charge is -1.96. The molecule has 2 aromatic rings. The predicted octanol–water partition coefficient (Wildman–Crippen LogP) is 2.71. The first-order valence-electron chi connectivity index (χ1n) is 5.21. The van der Waals surface area contributed by atoms with Gasteiger partial charge >= 0.3 is 5.97 Å². The van der Waals surface area contributed by atoms with Crippen LogP contribution in [0.5, 0.6) is 0 Å². The van der Waals surface area contributed by atoms with Crippen molar-refractivity contribution in [3.05, 3.63) is 52.4 Å². The van der Waals surface area contributed by atoms with E-state index in [1.807, 2.05) is 30.3 Å². The molecule has 0 unspecified atom stereocenters. The molecular weight excluding hydrogens is 234 g/mol. The molecule has 1 heterocycles. The highest BCUT2D eigenvalue weighted by Gasteiger charge is 2.14. The van der Waals surface area contributed by atoms with Crippen LogP contribution in [0.15, 0.2) is 36.4 Å². The second-order valence-electron chi connectivity index (χ2n) is 3.64. The first-order chi connectivity index (χ1) is 8.20. The summed E-state index contributed by atoms with van der Waals surface area (Å²) in [5, 5.41) is 0.516. The van der Waals surface area contributed by atoms with Gasteiger partial charge in [0.25, 0.3) is 0 Å². The number of hydrogen-bond acceptors (Lipinski definition) is 4. The number of esters is 1. The fraction of sp³-hybridized carbons (Fsp3) is 0.154. The Morgan fingerprint density at radius 3 is 2.71 bits per heavy atom. The highest BCUT2D eigenvalue weighted by atomic mass is 32.1. The minimum absolute atomic E-state index is 0.377. The molecule has 2 rings (SSSR count). The lowest BCUT2D eigenvalue weighted by atomic mass is 10.1. The summed E-state index contributed by atoms with van der Waals surface area (Å²) in [5.41, 5.74) is 7.45. The standard InChI is InChI=1S/C13H13NO2S/c1-16-13(15)11-8-10(17-12(11)14)7-9-5-3-2-4-6-9/h2-6,8H,7,14H2,1H3. The molecule has 1 aromatic heterocycles. The van der Waals surface area contributed by atoms with Crippen molar-refractivity contribution in [1.29, 1.82) is 0 Å². The van der Waals surface area contributed by atoms with Gasteiger partial charge < -0.3 is 10.5 Å². The summed E-state index contributed by atoms with van der Waals surface area (Å²) >= 11 is 1.43. The van der Waals surface area contributed by atoms with Crippen LogP contribution in [0.4, 0.5) is 5.00 Å². The van der Waals surface area contributed by atoms with E-state index in [1.54, 1.807) is 6.07 Å². The zero-order valence-corrected chi connectivity index (χ0v) is 10.3. The molecule has 0 atom stereocenters. The maximum absolute atomic E-state index is 11.4. The van der Waals surface area contributed by atoms with Crippen molar-refractivity contribution in [2.75, 3.05) is 12.8 Å². The Hall–Kier alpha value is -1.81. The van der Waals surface area contributed by atoms with Gasteiger partial charge in [-0.25, -0.2) is 4.79 Å². The van der Waals surface area contributed by atoms with Crippen LogP contribution in [-0.2, 0) is 11.2 Å². The van der Waals surface area contributed by atoms with Crippen molar-refractivity contribution >= 4 is 22.3 Å². The lowest BCUT2D eigenvalue weighted by Crippen LogP contribution is -2.02. The van der Waals surface area contributed by atoms with E-state index >= 15 is 0 Å². The number of hydrogen-bond donors (Lipinski definition) is 1. The number of anilines is 1. The molecular formula is C13H13NO2S. The number of nitrogen functional groups attached to an aromatic ring is 1. The van der Waals surface area contributed by atoms with Crippen LogP contribution in [0, 0.1) is 0 Å². The second kappa shape index (κ2) is 5.01. The quantitative estimate of drug-likeness (QED) is 0.848. The highest BCUT2D eigenvalue weighted by molar-refractivity contribution is 7.16. The van der Waals surface area contributed by atoms with Crippen molar-refractivity contribution in [2.24, 2.45) is 0 Å². The van der Waals surface area contributed by atoms with Crippen molar-refractivity contribution in [3.63, 3.8) is 0 Å². The van der Waals surface area contributed by atoms with Gasteiger partial charge in [-0.15, -0.1) is 11.3 Å². The zero-order valence-electron chi connectivity index (χ0n) is 9.47. The van der Waals surface area contributed by atoms with Crippen molar-refractivity contribution in [2.45, 2.75) is 6.42 Å². The topological polar surface area (TPSA) is 52.3 Å². The number of nitrogens with two attached hydrogens (primary N) is 1. The molecule has 4 heteroatoms. The first-order valence-corrected chi connectivity index (χ1v) is 6.03. The summed E-state index contributed by atoms with van der Waals surface area (Å²) in [6.07, 6.45) is 0.784. The second-order valence-corrected chi connectivity index (χ2v) is 4.81. The van der Waals surface area contributed by atoms with Gasteiger partial charge in [0.2, 0.25) is 0 Å². The number of carbonyl (C=O) groups excluding carboxylic acids is 1. The summed E-state index contributed by atoms with van der Waals surface area (Å²) in [6, 6.07) is 11.9. The maximum atomic E-state index is 11.4. The van der Waals surface area contributed by atoms with E-state index in [0.29, 0.717) is 10.6 Å². The Bertz CT molecular complexity index is 519. The molecule has 0 amide bonds. The Labute approximate surface area is 104 Å². The number of ether oxygens (including phenoxy) is 1. The molecule has 88 valence electrons. The van der Waals surface area contributed by atoms with Crippen LogP contribution < -0.4 is 5.73 Å². The Morgan fingerprint density at radius 2 is 2.06 bits per heavy atom. The van der Waals surface area contributed by atoms with E-state index in [4.69, 9.17) is 5.73 Å². The average molecular weight is 247 g/mol. The molecule has 0 aliphatic carbocycles. The number of methoxy groups -OCH3 is 1. The third kappa shape index (κ3) is 2.65. The van der Waals surface area contributed by atoms with Crippen LogP contribution in [0.2, 0.25) is 0 Å². The monoisotopic (exact) mass is 247 g/mol. The van der Waals surface area contributed by atoms with E-state index in [2.05, 4.69) is 4.74 Å². The predicted molar refractivity (Wildman–Crippen MR) is 69.3 cm³/mol. The fourth-order valence-corrected chi connectivity index (χ4v) is 2.56. The minimum atomic E-state index is -0.377. The highest BCUT2D eigenvalue weighted by Crippen LogP contribution is 2.27. The molecule has 0 aliphatic rings. The fourth-order valence-electron chi connectivity index (χ4n) is 1.61. The number of carbonyl (C=O) groups is 1. The molecule has 3 nitrogen and oxygen atoms in total. The van der Waals surface area contributed by atoms with Gasteiger partial charge in [-0.1, -0.05) is 30.3 Å². The normalized spacial score (nSPS) is 10.2. The number of thiophene rings is 1. The van der Waals surface area contributed by atoms with E-state index in [0.717, 1.165) is 11.3 Å². The van der Waals surface area contributed by atoms with E-state index < -0.39 is 0 Å². The zero-order chi connectivity index (χ0) is 12.3. The van der Waals surface area contributed by atoms with E-state index in [-0.39, 0.29) is 5.97 Å². The molecule has 2 N–H and O–H groups in total. The third-order valence-electron chi connectivity index (χ3n) is 2.44. The third-order valence-corrected chi connectivity index (χ3v) is 3.40. The summed E-state index contributed by atoms with van der Waals surface area (Å²) in [5.74, 6) is -0.377. The van der Waals surface area contributed by atoms with Crippen LogP contribution in [0.3, 0.4) is 0 Å². The van der Waals surface area contributed by atoms with Crippen LogP contribution >= 0.6 is 11.3 Å². The molecule has 0 saturated heterocycles. The SMILES string of the molecule is COC(=O)c1cc(Cc2ccccc2)sc1N. The first kappa shape index (κ1) is 11.7. The molecule has 0 bridgehead atoms. The van der Waals surface area contributed by atoms with Crippen LogP contribution in [-0.4, -0.2) is 13.1 Å². The van der Waals surface area contributed by atoms with Crippen molar-refractivity contribution < 1.29 is 9.53 Å². The van der Waals surface area contributed by atoms with Gasteiger partial charge in [-0.05, 0) is 11.6 Å². The van der Waals surface area contributed by atoms with E-state index in [9.17, 15) is 4.79 Å². The molecule has 17 heavy (non-hydrogen) atoms. The molecule has 1 aromatic carbocycles. The van der Waals surface area contributed by atoms with Gasteiger partial charge in [-0.2, -0.15) is 0 Å². The number of benzene rings is 1. The lowest BCUT2D eigenvalue weighted by molar-refractivity contribution is 0.0602. The number of rotatable bonds is 3. The van der Waals surface area contributed by atoms with Crippen molar-refractivity contribution in [3.8, 4) is 0 Å². The maximum Gasteiger partial charge on any atom is 0.340 e. The van der Waals surface area contributed by atoms with Gasteiger partial charge in [0.05, 0.1) is 12.7 Å². The minimum Gasteiger partial charge on any atom is -0.465 e. The van der Waals surface area contributed by atoms with Gasteiger partial charge in [0.15, 0.2) is 0 Å². The van der Waals surface area contributed by atoms with Crippen LogP contribution in [0.25, 0.3) is 0 Å². The molecule has 0 radical (unpaired) electrons. The van der Waals surface area contributed by atoms with Gasteiger partial charge in [0, 0.05) is 11.3 Å². The van der Waals surface area contributed by atoms with Crippen molar-refractivity contribution in [1.82, 2.24) is 0 Å².